The molecule has 0 aliphatic rings. The molecule has 0 atom stereocenters. The van der Waals surface area contributed by atoms with Gasteiger partial charge in [-0.15, -0.1) is 0 Å². The van der Waals surface area contributed by atoms with Gasteiger partial charge in [-0.3, -0.25) is 4.79 Å². The second-order valence-corrected chi connectivity index (χ2v) is 7.69. The SMILES string of the molecule is O=C(N/N=C\c1ccc(OCc2cccc3ccccc23)c(Br)c1)c1ccccc1O. The molecule has 0 bridgehead atoms. The lowest BCUT2D eigenvalue weighted by Crippen LogP contribution is -2.17. The summed E-state index contributed by atoms with van der Waals surface area (Å²) in [5, 5.41) is 16.0. The Hall–Kier alpha value is -3.64. The molecule has 6 heteroatoms. The first-order chi connectivity index (χ1) is 15.1. The molecule has 0 radical (unpaired) electrons. The molecule has 4 aromatic rings. The van der Waals surface area contributed by atoms with Crippen LogP contribution in [0.15, 0.2) is 94.5 Å². The van der Waals surface area contributed by atoms with E-state index in [1.54, 1.807) is 12.1 Å². The molecule has 0 aliphatic carbocycles. The van der Waals surface area contributed by atoms with E-state index < -0.39 is 5.91 Å². The van der Waals surface area contributed by atoms with Crippen LogP contribution in [0.2, 0.25) is 0 Å². The first-order valence-corrected chi connectivity index (χ1v) is 10.4. The summed E-state index contributed by atoms with van der Waals surface area (Å²) in [5.41, 5.74) is 4.47. The van der Waals surface area contributed by atoms with E-state index in [1.807, 2.05) is 36.4 Å². The van der Waals surface area contributed by atoms with E-state index >= 15 is 0 Å². The van der Waals surface area contributed by atoms with Crippen LogP contribution in [0.5, 0.6) is 11.5 Å². The molecule has 31 heavy (non-hydrogen) atoms. The maximum atomic E-state index is 12.1. The van der Waals surface area contributed by atoms with Crippen molar-refractivity contribution in [3.63, 3.8) is 0 Å². The monoisotopic (exact) mass is 474 g/mol. The summed E-state index contributed by atoms with van der Waals surface area (Å²) >= 11 is 3.53. The quantitative estimate of drug-likeness (QED) is 0.280. The number of carbonyl (C=O) groups excluding carboxylic acids is 1. The Balaban J connectivity index is 1.40. The van der Waals surface area contributed by atoms with E-state index in [4.69, 9.17) is 4.74 Å². The summed E-state index contributed by atoms with van der Waals surface area (Å²) in [4.78, 5) is 12.1. The molecule has 4 rings (SSSR count). The van der Waals surface area contributed by atoms with Crippen LogP contribution in [0.3, 0.4) is 0 Å². The Bertz CT molecular complexity index is 1270. The number of fused-ring (bicyclic) bond motifs is 1. The van der Waals surface area contributed by atoms with E-state index in [0.717, 1.165) is 15.6 Å². The van der Waals surface area contributed by atoms with Crippen LogP contribution in [-0.4, -0.2) is 17.2 Å². The third kappa shape index (κ3) is 4.92. The number of benzene rings is 4. The fourth-order valence-electron chi connectivity index (χ4n) is 3.18. The summed E-state index contributed by atoms with van der Waals surface area (Å²) < 4.78 is 6.79. The topological polar surface area (TPSA) is 70.9 Å². The zero-order chi connectivity index (χ0) is 21.6. The molecular weight excluding hydrogens is 456 g/mol. The maximum Gasteiger partial charge on any atom is 0.275 e. The number of rotatable bonds is 6. The van der Waals surface area contributed by atoms with Crippen molar-refractivity contribution in [1.82, 2.24) is 5.43 Å². The average molecular weight is 475 g/mol. The van der Waals surface area contributed by atoms with Gasteiger partial charge in [-0.05, 0) is 68.2 Å². The number of amides is 1. The summed E-state index contributed by atoms with van der Waals surface area (Å²) in [5.74, 6) is 0.137. The summed E-state index contributed by atoms with van der Waals surface area (Å²) in [7, 11) is 0. The molecule has 0 unspecified atom stereocenters. The number of carbonyl (C=O) groups is 1. The highest BCUT2D eigenvalue weighted by molar-refractivity contribution is 9.10. The number of hydrogen-bond donors (Lipinski definition) is 2. The number of nitrogens with zero attached hydrogens (tertiary/aromatic N) is 1. The molecule has 0 aliphatic heterocycles. The van der Waals surface area contributed by atoms with Crippen molar-refractivity contribution in [1.29, 1.82) is 0 Å². The van der Waals surface area contributed by atoms with E-state index in [2.05, 4.69) is 50.7 Å². The molecule has 154 valence electrons. The Morgan fingerprint density at radius 2 is 1.77 bits per heavy atom. The molecule has 5 nitrogen and oxygen atoms in total. The van der Waals surface area contributed by atoms with Crippen molar-refractivity contribution in [2.24, 2.45) is 5.10 Å². The first-order valence-electron chi connectivity index (χ1n) is 9.62. The van der Waals surface area contributed by atoms with Crippen LogP contribution < -0.4 is 10.2 Å². The van der Waals surface area contributed by atoms with Gasteiger partial charge in [-0.25, -0.2) is 5.43 Å². The molecule has 0 saturated carbocycles. The molecule has 1 amide bonds. The molecule has 0 spiro atoms. The number of phenolic OH excluding ortho intramolecular Hbond substituents is 1. The number of aromatic hydroxyl groups is 1. The van der Waals surface area contributed by atoms with Crippen LogP contribution in [0, 0.1) is 0 Å². The highest BCUT2D eigenvalue weighted by Gasteiger charge is 2.09. The lowest BCUT2D eigenvalue weighted by molar-refractivity contribution is 0.0952. The van der Waals surface area contributed by atoms with Gasteiger partial charge in [0.05, 0.1) is 16.3 Å². The van der Waals surface area contributed by atoms with Crippen LogP contribution >= 0.6 is 15.9 Å². The Labute approximate surface area is 188 Å². The molecule has 4 aromatic carbocycles. The molecule has 0 saturated heterocycles. The largest absolute Gasteiger partial charge is 0.507 e. The minimum atomic E-state index is -0.483. The Morgan fingerprint density at radius 1 is 1.00 bits per heavy atom. The lowest BCUT2D eigenvalue weighted by Gasteiger charge is -2.11. The number of ether oxygens (including phenoxy) is 1. The summed E-state index contributed by atoms with van der Waals surface area (Å²) in [6, 6.07) is 26.2. The van der Waals surface area contributed by atoms with Crippen molar-refractivity contribution >= 4 is 38.8 Å². The van der Waals surface area contributed by atoms with E-state index in [0.29, 0.717) is 12.4 Å². The van der Waals surface area contributed by atoms with Crippen molar-refractivity contribution in [3.8, 4) is 11.5 Å². The van der Waals surface area contributed by atoms with Crippen LogP contribution in [0.1, 0.15) is 21.5 Å². The number of nitrogens with one attached hydrogen (secondary N) is 1. The van der Waals surface area contributed by atoms with Gasteiger partial charge in [0.1, 0.15) is 18.1 Å². The van der Waals surface area contributed by atoms with E-state index in [-0.39, 0.29) is 11.3 Å². The van der Waals surface area contributed by atoms with Gasteiger partial charge in [0, 0.05) is 0 Å². The Morgan fingerprint density at radius 3 is 2.61 bits per heavy atom. The average Bonchev–Trinajstić information content (AvgIpc) is 2.79. The predicted octanol–water partition coefficient (Wildman–Crippen LogP) is 5.65. The first kappa shape index (κ1) is 20.6. The number of halogens is 1. The Kier molecular flexibility index (Phi) is 6.29. The van der Waals surface area contributed by atoms with E-state index in [9.17, 15) is 9.90 Å². The number of phenols is 1. The van der Waals surface area contributed by atoms with Crippen LogP contribution in [-0.2, 0) is 6.61 Å². The zero-order valence-corrected chi connectivity index (χ0v) is 18.0. The number of hydrogen-bond acceptors (Lipinski definition) is 4. The third-order valence-corrected chi connectivity index (χ3v) is 5.37. The second-order valence-electron chi connectivity index (χ2n) is 6.83. The fourth-order valence-corrected chi connectivity index (χ4v) is 3.69. The molecule has 2 N–H and O–H groups in total. The predicted molar refractivity (Wildman–Crippen MR) is 126 cm³/mol. The van der Waals surface area contributed by atoms with Gasteiger partial charge in [0.2, 0.25) is 0 Å². The summed E-state index contributed by atoms with van der Waals surface area (Å²) in [6.45, 7) is 0.448. The third-order valence-electron chi connectivity index (χ3n) is 4.75. The van der Waals surface area contributed by atoms with Gasteiger partial charge >= 0.3 is 0 Å². The minimum absolute atomic E-state index is 0.0920. The lowest BCUT2D eigenvalue weighted by atomic mass is 10.1. The highest BCUT2D eigenvalue weighted by Crippen LogP contribution is 2.27. The minimum Gasteiger partial charge on any atom is -0.507 e. The molecule has 0 aromatic heterocycles. The van der Waals surface area contributed by atoms with Gasteiger partial charge < -0.3 is 9.84 Å². The van der Waals surface area contributed by atoms with Crippen LogP contribution in [0.4, 0.5) is 0 Å². The van der Waals surface area contributed by atoms with Gasteiger partial charge in [-0.1, -0.05) is 54.6 Å². The second kappa shape index (κ2) is 9.45. The standard InChI is InChI=1S/C25H19BrN2O3/c26-22-14-17(15-27-28-25(30)21-10-3-4-11-23(21)29)12-13-24(22)31-16-19-8-5-7-18-6-1-2-9-20(18)19/h1-15,29H,16H2,(H,28,30)/b27-15-. The van der Waals surface area contributed by atoms with Crippen LogP contribution in [0.25, 0.3) is 10.8 Å². The molecule has 0 fully saturated rings. The molecular formula is C25H19BrN2O3. The smallest absolute Gasteiger partial charge is 0.275 e. The van der Waals surface area contributed by atoms with Crippen molar-refractivity contribution < 1.29 is 14.6 Å². The highest BCUT2D eigenvalue weighted by atomic mass is 79.9. The van der Waals surface area contributed by atoms with E-state index in [1.165, 1.54) is 29.1 Å². The number of para-hydroxylation sites is 1. The normalized spacial score (nSPS) is 11.0. The maximum absolute atomic E-state index is 12.1. The van der Waals surface area contributed by atoms with Gasteiger partial charge in [0.15, 0.2) is 0 Å². The summed E-state index contributed by atoms with van der Waals surface area (Å²) in [6.07, 6.45) is 1.52. The molecule has 0 heterocycles. The fraction of sp³-hybridized carbons (Fsp3) is 0.0400. The van der Waals surface area contributed by atoms with Crippen molar-refractivity contribution in [3.05, 3.63) is 106 Å². The number of hydrazone groups is 1. The van der Waals surface area contributed by atoms with Gasteiger partial charge in [0.25, 0.3) is 5.91 Å². The zero-order valence-electron chi connectivity index (χ0n) is 16.5. The van der Waals surface area contributed by atoms with Crippen molar-refractivity contribution in [2.75, 3.05) is 0 Å². The van der Waals surface area contributed by atoms with Crippen molar-refractivity contribution in [2.45, 2.75) is 6.61 Å². The van der Waals surface area contributed by atoms with Gasteiger partial charge in [-0.2, -0.15) is 5.10 Å².